The molecule has 0 spiro atoms. The summed E-state index contributed by atoms with van der Waals surface area (Å²) in [6.45, 7) is 7.35. The van der Waals surface area contributed by atoms with Crippen LogP contribution in [0.4, 0.5) is 5.69 Å². The van der Waals surface area contributed by atoms with Gasteiger partial charge in [-0.25, -0.2) is 0 Å². The van der Waals surface area contributed by atoms with Gasteiger partial charge in [-0.15, -0.1) is 0 Å². The predicted octanol–water partition coefficient (Wildman–Crippen LogP) is 4.89. The second kappa shape index (κ2) is 6.57. The van der Waals surface area contributed by atoms with Crippen molar-refractivity contribution in [3.05, 3.63) is 65.2 Å². The van der Waals surface area contributed by atoms with Gasteiger partial charge >= 0.3 is 0 Å². The van der Waals surface area contributed by atoms with Gasteiger partial charge in [-0.1, -0.05) is 57.2 Å². The Labute approximate surface area is 139 Å². The fourth-order valence-corrected chi connectivity index (χ4v) is 3.30. The molecule has 1 fully saturated rings. The van der Waals surface area contributed by atoms with E-state index in [1.54, 1.807) is 0 Å². The molecule has 0 aromatic heterocycles. The van der Waals surface area contributed by atoms with E-state index in [9.17, 15) is 4.79 Å². The van der Waals surface area contributed by atoms with Crippen molar-refractivity contribution in [3.8, 4) is 0 Å². The maximum absolute atomic E-state index is 12.5. The highest BCUT2D eigenvalue weighted by molar-refractivity contribution is 5.96. The summed E-state index contributed by atoms with van der Waals surface area (Å²) < 4.78 is 0. The minimum Gasteiger partial charge on any atom is -0.312 e. The van der Waals surface area contributed by atoms with Crippen LogP contribution in [0.1, 0.15) is 55.7 Å². The van der Waals surface area contributed by atoms with Gasteiger partial charge in [0.1, 0.15) is 0 Å². The highest BCUT2D eigenvalue weighted by Gasteiger charge is 2.31. The Morgan fingerprint density at radius 3 is 2.65 bits per heavy atom. The number of carbonyl (C=O) groups excluding carboxylic acids is 1. The first-order chi connectivity index (χ1) is 11.1. The van der Waals surface area contributed by atoms with E-state index >= 15 is 0 Å². The Balaban J connectivity index is 1.83. The van der Waals surface area contributed by atoms with E-state index in [-0.39, 0.29) is 5.91 Å². The fraction of sp³-hybridized carbons (Fsp3) is 0.381. The van der Waals surface area contributed by atoms with Crippen LogP contribution >= 0.6 is 0 Å². The molecule has 2 nitrogen and oxygen atoms in total. The summed E-state index contributed by atoms with van der Waals surface area (Å²) in [5.74, 6) is 1.05. The molecule has 1 unspecified atom stereocenters. The number of carbonyl (C=O) groups is 1. The first-order valence-corrected chi connectivity index (χ1v) is 8.57. The van der Waals surface area contributed by atoms with E-state index in [0.717, 1.165) is 18.7 Å². The third-order valence-corrected chi connectivity index (χ3v) is 4.80. The third kappa shape index (κ3) is 3.31. The van der Waals surface area contributed by atoms with Gasteiger partial charge in [0, 0.05) is 24.6 Å². The Kier molecular flexibility index (Phi) is 4.51. The normalized spacial score (nSPS) is 18.0. The standard InChI is InChI=1S/C21H25NO/c1-4-16-7-5-10-20(11-16)22-14-19(13-21(22)23)18-9-6-8-17(12-18)15(2)3/h5-12,15,19H,4,13-14H2,1-3H3. The summed E-state index contributed by atoms with van der Waals surface area (Å²) in [7, 11) is 0. The topological polar surface area (TPSA) is 20.3 Å². The lowest BCUT2D eigenvalue weighted by Gasteiger charge is -2.18. The highest BCUT2D eigenvalue weighted by atomic mass is 16.2. The minimum absolute atomic E-state index is 0.234. The zero-order valence-electron chi connectivity index (χ0n) is 14.3. The van der Waals surface area contributed by atoms with Crippen molar-refractivity contribution in [1.29, 1.82) is 0 Å². The van der Waals surface area contributed by atoms with Crippen LogP contribution in [0.3, 0.4) is 0 Å². The second-order valence-corrected chi connectivity index (χ2v) is 6.75. The molecular formula is C21H25NO. The lowest BCUT2D eigenvalue weighted by molar-refractivity contribution is -0.117. The van der Waals surface area contributed by atoms with Crippen LogP contribution in [0.2, 0.25) is 0 Å². The molecule has 120 valence electrons. The molecule has 0 saturated carbocycles. The molecule has 1 saturated heterocycles. The van der Waals surface area contributed by atoms with Crippen molar-refractivity contribution in [2.24, 2.45) is 0 Å². The average Bonchev–Trinajstić information content (AvgIpc) is 2.97. The second-order valence-electron chi connectivity index (χ2n) is 6.75. The zero-order chi connectivity index (χ0) is 16.4. The van der Waals surface area contributed by atoms with E-state index in [4.69, 9.17) is 0 Å². The van der Waals surface area contributed by atoms with E-state index in [2.05, 4.69) is 57.2 Å². The van der Waals surface area contributed by atoms with Gasteiger partial charge in [0.15, 0.2) is 0 Å². The lowest BCUT2D eigenvalue weighted by Crippen LogP contribution is -2.24. The fourth-order valence-electron chi connectivity index (χ4n) is 3.30. The molecule has 1 heterocycles. The number of amides is 1. The Bertz CT molecular complexity index is 704. The number of hydrogen-bond donors (Lipinski definition) is 0. The molecule has 0 bridgehead atoms. The van der Waals surface area contributed by atoms with Crippen LogP contribution in [0, 0.1) is 0 Å². The number of rotatable bonds is 4. The van der Waals surface area contributed by atoms with Gasteiger partial charge < -0.3 is 4.90 Å². The average molecular weight is 307 g/mol. The molecule has 2 aromatic rings. The lowest BCUT2D eigenvalue weighted by atomic mass is 9.93. The van der Waals surface area contributed by atoms with Crippen LogP contribution in [0.15, 0.2) is 48.5 Å². The van der Waals surface area contributed by atoms with Crippen molar-refractivity contribution in [2.45, 2.75) is 45.4 Å². The number of anilines is 1. The van der Waals surface area contributed by atoms with Gasteiger partial charge in [-0.3, -0.25) is 4.79 Å². The van der Waals surface area contributed by atoms with Crippen LogP contribution in [0.5, 0.6) is 0 Å². The molecule has 0 radical (unpaired) electrons. The number of benzene rings is 2. The molecule has 1 aliphatic rings. The van der Waals surface area contributed by atoms with Gasteiger partial charge in [-0.05, 0) is 41.2 Å². The summed E-state index contributed by atoms with van der Waals surface area (Å²) in [5.41, 5.74) is 4.96. The molecule has 0 aliphatic carbocycles. The van der Waals surface area contributed by atoms with Crippen LogP contribution in [-0.4, -0.2) is 12.5 Å². The van der Waals surface area contributed by atoms with Crippen molar-refractivity contribution < 1.29 is 4.79 Å². The van der Waals surface area contributed by atoms with Crippen LogP contribution in [0.25, 0.3) is 0 Å². The number of aryl methyl sites for hydroxylation is 1. The molecule has 1 aliphatic heterocycles. The summed E-state index contributed by atoms with van der Waals surface area (Å²) in [6, 6.07) is 17.1. The molecule has 3 rings (SSSR count). The van der Waals surface area contributed by atoms with Crippen molar-refractivity contribution in [1.82, 2.24) is 0 Å². The summed E-state index contributed by atoms with van der Waals surface area (Å²) in [4.78, 5) is 14.5. The quantitative estimate of drug-likeness (QED) is 0.787. The molecular weight excluding hydrogens is 282 g/mol. The van der Waals surface area contributed by atoms with Gasteiger partial charge in [0.05, 0.1) is 0 Å². The first-order valence-electron chi connectivity index (χ1n) is 8.57. The maximum atomic E-state index is 12.5. The van der Waals surface area contributed by atoms with Crippen LogP contribution < -0.4 is 4.90 Å². The van der Waals surface area contributed by atoms with Crippen LogP contribution in [-0.2, 0) is 11.2 Å². The Morgan fingerprint density at radius 1 is 1.13 bits per heavy atom. The molecule has 1 amide bonds. The predicted molar refractivity (Wildman–Crippen MR) is 96.1 cm³/mol. The Morgan fingerprint density at radius 2 is 1.91 bits per heavy atom. The van der Waals surface area contributed by atoms with E-state index in [1.165, 1.54) is 16.7 Å². The monoisotopic (exact) mass is 307 g/mol. The van der Waals surface area contributed by atoms with Gasteiger partial charge in [0.25, 0.3) is 0 Å². The van der Waals surface area contributed by atoms with Crippen molar-refractivity contribution >= 4 is 11.6 Å². The molecule has 23 heavy (non-hydrogen) atoms. The molecule has 2 heteroatoms. The zero-order valence-corrected chi connectivity index (χ0v) is 14.3. The Hall–Kier alpha value is -2.09. The van der Waals surface area contributed by atoms with Crippen molar-refractivity contribution in [3.63, 3.8) is 0 Å². The van der Waals surface area contributed by atoms with Gasteiger partial charge in [0.2, 0.25) is 5.91 Å². The van der Waals surface area contributed by atoms with E-state index < -0.39 is 0 Å². The third-order valence-electron chi connectivity index (χ3n) is 4.80. The maximum Gasteiger partial charge on any atom is 0.227 e. The summed E-state index contributed by atoms with van der Waals surface area (Å²) >= 11 is 0. The molecule has 1 atom stereocenters. The highest BCUT2D eigenvalue weighted by Crippen LogP contribution is 2.33. The SMILES string of the molecule is CCc1cccc(N2CC(c3cccc(C(C)C)c3)CC2=O)c1. The smallest absolute Gasteiger partial charge is 0.227 e. The van der Waals surface area contributed by atoms with E-state index in [1.807, 2.05) is 17.0 Å². The number of nitrogens with zero attached hydrogens (tertiary/aromatic N) is 1. The largest absolute Gasteiger partial charge is 0.312 e. The number of hydrogen-bond acceptors (Lipinski definition) is 1. The first kappa shape index (κ1) is 15.8. The van der Waals surface area contributed by atoms with Crippen molar-refractivity contribution in [2.75, 3.05) is 11.4 Å². The molecule has 0 N–H and O–H groups in total. The minimum atomic E-state index is 0.234. The molecule has 2 aromatic carbocycles. The van der Waals surface area contributed by atoms with E-state index in [0.29, 0.717) is 18.3 Å². The summed E-state index contributed by atoms with van der Waals surface area (Å²) in [5, 5.41) is 0. The van der Waals surface area contributed by atoms with Gasteiger partial charge in [-0.2, -0.15) is 0 Å². The summed E-state index contributed by atoms with van der Waals surface area (Å²) in [6.07, 6.45) is 1.60.